The first-order chi connectivity index (χ1) is 9.49. The fourth-order valence-electron chi connectivity index (χ4n) is 2.88. The van der Waals surface area contributed by atoms with Crippen molar-refractivity contribution < 1.29 is 9.59 Å². The van der Waals surface area contributed by atoms with Crippen molar-refractivity contribution in [1.82, 2.24) is 15.1 Å². The molecule has 1 aromatic rings. The minimum absolute atomic E-state index is 0.00111. The van der Waals surface area contributed by atoms with Crippen molar-refractivity contribution in [3.63, 3.8) is 0 Å². The van der Waals surface area contributed by atoms with Gasteiger partial charge in [-0.1, -0.05) is 13.8 Å². The smallest absolute Gasteiger partial charge is 0.250 e. The number of aromatic nitrogens is 2. The molecule has 2 heterocycles. The number of aryl methyl sites for hydroxylation is 1. The lowest BCUT2D eigenvalue weighted by Gasteiger charge is -2.40. The van der Waals surface area contributed by atoms with E-state index in [1.165, 1.54) is 0 Å². The van der Waals surface area contributed by atoms with E-state index in [2.05, 4.69) is 10.4 Å². The zero-order valence-electron chi connectivity index (χ0n) is 12.0. The van der Waals surface area contributed by atoms with Crippen LogP contribution in [0.2, 0.25) is 0 Å². The van der Waals surface area contributed by atoms with Gasteiger partial charge in [0, 0.05) is 13.2 Å². The van der Waals surface area contributed by atoms with Gasteiger partial charge in [-0.3, -0.25) is 19.2 Å². The quantitative estimate of drug-likeness (QED) is 0.883. The Balaban J connectivity index is 1.98. The molecule has 2 atom stereocenters. The molecular weight excluding hydrogens is 256 g/mol. The second-order valence-corrected chi connectivity index (χ2v) is 6.09. The van der Waals surface area contributed by atoms with Crippen LogP contribution in [0.4, 0.5) is 5.69 Å². The molecule has 2 unspecified atom stereocenters. The maximum absolute atomic E-state index is 12.8. The summed E-state index contributed by atoms with van der Waals surface area (Å²) in [6.07, 6.45) is 5.47. The van der Waals surface area contributed by atoms with Crippen molar-refractivity contribution in [2.45, 2.75) is 38.8 Å². The average Bonchev–Trinajstić information content (AvgIpc) is 3.13. The molecule has 6 heteroatoms. The third kappa shape index (κ3) is 2.09. The van der Waals surface area contributed by atoms with E-state index in [1.807, 2.05) is 13.8 Å². The number of anilines is 1. The maximum Gasteiger partial charge on any atom is 0.250 e. The largest absolute Gasteiger partial charge is 0.342 e. The second-order valence-electron chi connectivity index (χ2n) is 6.09. The maximum atomic E-state index is 12.8. The number of carbonyl (C=O) groups is 2. The first kappa shape index (κ1) is 13.1. The summed E-state index contributed by atoms with van der Waals surface area (Å²) in [4.78, 5) is 26.8. The molecule has 0 bridgehead atoms. The van der Waals surface area contributed by atoms with E-state index < -0.39 is 6.04 Å². The molecule has 2 amide bonds. The summed E-state index contributed by atoms with van der Waals surface area (Å²) in [6.45, 7) is 3.91. The second kappa shape index (κ2) is 4.61. The van der Waals surface area contributed by atoms with E-state index in [1.54, 1.807) is 29.0 Å². The molecule has 2 aliphatic rings. The summed E-state index contributed by atoms with van der Waals surface area (Å²) in [5.74, 6) is 0.303. The van der Waals surface area contributed by atoms with Gasteiger partial charge in [0.1, 0.15) is 12.1 Å². The van der Waals surface area contributed by atoms with Crippen LogP contribution in [-0.4, -0.2) is 33.7 Å². The van der Waals surface area contributed by atoms with Gasteiger partial charge in [0.05, 0.1) is 11.9 Å². The van der Waals surface area contributed by atoms with Crippen molar-refractivity contribution in [1.29, 1.82) is 0 Å². The van der Waals surface area contributed by atoms with E-state index in [0.29, 0.717) is 11.6 Å². The molecule has 0 radical (unpaired) electrons. The molecule has 20 heavy (non-hydrogen) atoms. The Kier molecular flexibility index (Phi) is 3.03. The van der Waals surface area contributed by atoms with Gasteiger partial charge in [0.25, 0.3) is 5.91 Å². The van der Waals surface area contributed by atoms with E-state index >= 15 is 0 Å². The molecule has 1 N–H and O–H groups in total. The van der Waals surface area contributed by atoms with Crippen LogP contribution in [-0.2, 0) is 16.6 Å². The third-order valence-electron chi connectivity index (χ3n) is 4.04. The van der Waals surface area contributed by atoms with Crippen molar-refractivity contribution in [3.05, 3.63) is 12.4 Å². The molecule has 108 valence electrons. The molecule has 3 rings (SSSR count). The summed E-state index contributed by atoms with van der Waals surface area (Å²) in [5.41, 5.74) is 0.705. The number of carbonyl (C=O) groups excluding carboxylic acids is 2. The summed E-state index contributed by atoms with van der Waals surface area (Å²) in [6, 6.07) is -0.820. The Bertz CT molecular complexity index is 547. The Morgan fingerprint density at radius 3 is 2.55 bits per heavy atom. The lowest BCUT2D eigenvalue weighted by Crippen LogP contribution is -2.65. The van der Waals surface area contributed by atoms with Crippen molar-refractivity contribution in [3.8, 4) is 0 Å². The molecule has 1 aliphatic heterocycles. The number of hydrogen-bond acceptors (Lipinski definition) is 3. The van der Waals surface area contributed by atoms with Gasteiger partial charge in [-0.25, -0.2) is 0 Å². The highest BCUT2D eigenvalue weighted by molar-refractivity contribution is 6.08. The molecular formula is C14H20N4O2. The van der Waals surface area contributed by atoms with Crippen LogP contribution in [0.5, 0.6) is 0 Å². The predicted molar refractivity (Wildman–Crippen MR) is 74.0 cm³/mol. The van der Waals surface area contributed by atoms with E-state index in [4.69, 9.17) is 0 Å². The number of nitrogens with zero attached hydrogens (tertiary/aromatic N) is 3. The highest BCUT2D eigenvalue weighted by atomic mass is 16.2. The van der Waals surface area contributed by atoms with Crippen LogP contribution in [0.25, 0.3) is 0 Å². The zero-order chi connectivity index (χ0) is 14.4. The summed E-state index contributed by atoms with van der Waals surface area (Å²) in [5, 5.41) is 7.03. The Morgan fingerprint density at radius 2 is 2.05 bits per heavy atom. The topological polar surface area (TPSA) is 67.2 Å². The lowest BCUT2D eigenvalue weighted by molar-refractivity contribution is -0.135. The van der Waals surface area contributed by atoms with E-state index in [9.17, 15) is 9.59 Å². The van der Waals surface area contributed by atoms with Crippen LogP contribution in [0.15, 0.2) is 12.4 Å². The van der Waals surface area contributed by atoms with Crippen molar-refractivity contribution in [2.75, 3.05) is 4.90 Å². The van der Waals surface area contributed by atoms with Gasteiger partial charge in [0.2, 0.25) is 5.91 Å². The Labute approximate surface area is 118 Å². The highest BCUT2D eigenvalue weighted by Gasteiger charge is 2.48. The van der Waals surface area contributed by atoms with E-state index in [0.717, 1.165) is 12.8 Å². The fraction of sp³-hybridized carbons (Fsp3) is 0.643. The van der Waals surface area contributed by atoms with E-state index in [-0.39, 0.29) is 23.8 Å². The van der Waals surface area contributed by atoms with Crippen LogP contribution in [0, 0.1) is 11.8 Å². The first-order valence-electron chi connectivity index (χ1n) is 7.11. The van der Waals surface area contributed by atoms with Gasteiger partial charge in [0.15, 0.2) is 0 Å². The minimum Gasteiger partial charge on any atom is -0.342 e. The van der Waals surface area contributed by atoms with Crippen molar-refractivity contribution >= 4 is 17.5 Å². The monoisotopic (exact) mass is 276 g/mol. The first-order valence-corrected chi connectivity index (χ1v) is 7.11. The summed E-state index contributed by atoms with van der Waals surface area (Å²) >= 11 is 0. The SMILES string of the molecule is CC(C)C1C(=O)NC(C2CC2)C(=O)N1c1cnn(C)c1. The number of amides is 2. The molecule has 1 saturated heterocycles. The number of piperazine rings is 1. The number of rotatable bonds is 3. The van der Waals surface area contributed by atoms with Crippen molar-refractivity contribution in [2.24, 2.45) is 18.9 Å². The van der Waals surface area contributed by atoms with Gasteiger partial charge in [-0.2, -0.15) is 5.10 Å². The normalized spacial score (nSPS) is 27.1. The molecule has 0 aromatic carbocycles. The predicted octanol–water partition coefficient (Wildman–Crippen LogP) is 0.686. The summed E-state index contributed by atoms with van der Waals surface area (Å²) < 4.78 is 1.65. The lowest BCUT2D eigenvalue weighted by atomic mass is 9.95. The van der Waals surface area contributed by atoms with Crippen LogP contribution >= 0.6 is 0 Å². The van der Waals surface area contributed by atoms with Gasteiger partial charge in [-0.05, 0) is 24.7 Å². The highest BCUT2D eigenvalue weighted by Crippen LogP contribution is 2.36. The molecule has 1 aromatic heterocycles. The molecule has 1 saturated carbocycles. The van der Waals surface area contributed by atoms with Gasteiger partial charge >= 0.3 is 0 Å². The van der Waals surface area contributed by atoms with Crippen LogP contribution in [0.1, 0.15) is 26.7 Å². The van der Waals surface area contributed by atoms with Gasteiger partial charge < -0.3 is 5.32 Å². The average molecular weight is 276 g/mol. The summed E-state index contributed by atoms with van der Waals surface area (Å²) in [7, 11) is 1.81. The number of nitrogens with one attached hydrogen (secondary N) is 1. The fourth-order valence-corrected chi connectivity index (χ4v) is 2.88. The molecule has 2 fully saturated rings. The molecule has 1 aliphatic carbocycles. The zero-order valence-corrected chi connectivity index (χ0v) is 12.0. The van der Waals surface area contributed by atoms with Crippen LogP contribution in [0.3, 0.4) is 0 Å². The standard InChI is InChI=1S/C14H20N4O2/c1-8(2)12-13(19)16-11(9-4-5-9)14(20)18(12)10-6-15-17(3)7-10/h6-9,11-12H,4-5H2,1-3H3,(H,16,19). The Hall–Kier alpha value is -1.85. The molecule has 6 nitrogen and oxygen atoms in total. The number of hydrogen-bond donors (Lipinski definition) is 1. The van der Waals surface area contributed by atoms with Gasteiger partial charge in [-0.15, -0.1) is 0 Å². The van der Waals surface area contributed by atoms with Crippen LogP contribution < -0.4 is 10.2 Å². The minimum atomic E-state index is -0.457. The Morgan fingerprint density at radius 1 is 1.35 bits per heavy atom. The molecule has 0 spiro atoms. The third-order valence-corrected chi connectivity index (χ3v) is 4.04.